The van der Waals surface area contributed by atoms with Gasteiger partial charge in [0, 0.05) is 25.7 Å². The average Bonchev–Trinajstić information content (AvgIpc) is 2.35. The Morgan fingerprint density at radius 1 is 1.53 bits per heavy atom. The van der Waals surface area contributed by atoms with Crippen LogP contribution in [0.1, 0.15) is 11.7 Å². The molecular formula is C10H13N3O3S. The van der Waals surface area contributed by atoms with Crippen LogP contribution in [0.2, 0.25) is 0 Å². The topological polar surface area (TPSA) is 87.4 Å². The molecule has 0 aliphatic heterocycles. The van der Waals surface area contributed by atoms with Gasteiger partial charge in [0.1, 0.15) is 0 Å². The lowest BCUT2D eigenvalue weighted by Crippen LogP contribution is -2.35. The van der Waals surface area contributed by atoms with Gasteiger partial charge in [-0.2, -0.15) is 0 Å². The molecular weight excluding hydrogens is 242 g/mol. The zero-order valence-corrected chi connectivity index (χ0v) is 10.0. The number of hydrogen-bond acceptors (Lipinski definition) is 4. The van der Waals surface area contributed by atoms with Gasteiger partial charge in [-0.25, -0.2) is 0 Å². The molecule has 0 amide bonds. The number of non-ortho nitro benzene ring substituents is 1. The van der Waals surface area contributed by atoms with Crippen molar-refractivity contribution in [3.63, 3.8) is 0 Å². The molecule has 0 aliphatic rings. The summed E-state index contributed by atoms with van der Waals surface area (Å²) in [6.45, 7) is 0.248. The number of hydrogen-bond donors (Lipinski definition) is 3. The van der Waals surface area contributed by atoms with Crippen molar-refractivity contribution in [3.05, 3.63) is 39.9 Å². The number of aliphatic hydroxyl groups is 1. The second-order valence-corrected chi connectivity index (χ2v) is 3.73. The molecule has 1 rings (SSSR count). The molecule has 1 aromatic rings. The predicted molar refractivity (Wildman–Crippen MR) is 67.7 cm³/mol. The molecule has 0 bridgehead atoms. The molecule has 6 nitrogen and oxygen atoms in total. The predicted octanol–water partition coefficient (Wildman–Crippen LogP) is 0.722. The van der Waals surface area contributed by atoms with Crippen LogP contribution in [0.3, 0.4) is 0 Å². The van der Waals surface area contributed by atoms with Crippen LogP contribution < -0.4 is 10.6 Å². The maximum atomic E-state index is 10.4. The average molecular weight is 255 g/mol. The first-order chi connectivity index (χ1) is 8.04. The van der Waals surface area contributed by atoms with Gasteiger partial charge in [-0.05, 0) is 29.9 Å². The second kappa shape index (κ2) is 6.12. The Balaban J connectivity index is 2.60. The summed E-state index contributed by atoms with van der Waals surface area (Å²) in [6, 6.07) is 5.75. The Morgan fingerprint density at radius 2 is 2.12 bits per heavy atom. The first-order valence-electron chi connectivity index (χ1n) is 4.92. The molecule has 0 saturated heterocycles. The maximum absolute atomic E-state index is 10.4. The Kier molecular flexibility index (Phi) is 4.80. The fourth-order valence-electron chi connectivity index (χ4n) is 1.21. The summed E-state index contributed by atoms with van der Waals surface area (Å²) in [5, 5.41) is 26.2. The molecule has 1 atom stereocenters. The van der Waals surface area contributed by atoms with Crippen LogP contribution in [-0.4, -0.2) is 28.7 Å². The fourth-order valence-corrected chi connectivity index (χ4v) is 1.30. The second-order valence-electron chi connectivity index (χ2n) is 3.32. The molecule has 0 unspecified atom stereocenters. The van der Waals surface area contributed by atoms with Crippen molar-refractivity contribution in [3.8, 4) is 0 Å². The van der Waals surface area contributed by atoms with Crippen LogP contribution in [0, 0.1) is 10.1 Å². The lowest BCUT2D eigenvalue weighted by molar-refractivity contribution is -0.384. The van der Waals surface area contributed by atoms with Gasteiger partial charge in [-0.1, -0.05) is 0 Å². The molecule has 3 N–H and O–H groups in total. The zero-order chi connectivity index (χ0) is 12.8. The third-order valence-corrected chi connectivity index (χ3v) is 2.52. The lowest BCUT2D eigenvalue weighted by Gasteiger charge is -2.13. The van der Waals surface area contributed by atoms with Crippen molar-refractivity contribution in [2.24, 2.45) is 0 Å². The van der Waals surface area contributed by atoms with E-state index in [4.69, 9.17) is 12.2 Å². The minimum atomic E-state index is -0.762. The van der Waals surface area contributed by atoms with Crippen molar-refractivity contribution in [2.45, 2.75) is 6.10 Å². The third-order valence-electron chi connectivity index (χ3n) is 2.17. The van der Waals surface area contributed by atoms with E-state index in [-0.39, 0.29) is 12.2 Å². The number of thiocarbonyl (C=S) groups is 1. The molecule has 1 aromatic carbocycles. The fraction of sp³-hybridized carbons (Fsp3) is 0.300. The normalized spacial score (nSPS) is 11.6. The Bertz CT molecular complexity index is 408. The summed E-state index contributed by atoms with van der Waals surface area (Å²) in [6.07, 6.45) is -0.762. The summed E-state index contributed by atoms with van der Waals surface area (Å²) in [5.74, 6) is 0. The number of nitrogens with one attached hydrogen (secondary N) is 2. The summed E-state index contributed by atoms with van der Waals surface area (Å²) in [7, 11) is 1.67. The molecule has 0 spiro atoms. The smallest absolute Gasteiger partial charge is 0.269 e. The quantitative estimate of drug-likeness (QED) is 0.417. The SMILES string of the molecule is CNC(=S)NC[C@H](O)c1ccc([N+](=O)[O-])cc1. The number of benzene rings is 1. The van der Waals surface area contributed by atoms with Crippen molar-refractivity contribution >= 4 is 23.0 Å². The number of nitrogens with zero attached hydrogens (tertiary/aromatic N) is 1. The van der Waals surface area contributed by atoms with Gasteiger partial charge < -0.3 is 15.7 Å². The molecule has 17 heavy (non-hydrogen) atoms. The van der Waals surface area contributed by atoms with Crippen LogP contribution in [0.5, 0.6) is 0 Å². The minimum Gasteiger partial charge on any atom is -0.387 e. The third kappa shape index (κ3) is 3.97. The molecule has 0 fully saturated rings. The van der Waals surface area contributed by atoms with E-state index in [9.17, 15) is 15.2 Å². The molecule has 0 aliphatic carbocycles. The van der Waals surface area contributed by atoms with E-state index in [1.54, 1.807) is 7.05 Å². The first kappa shape index (κ1) is 13.3. The van der Waals surface area contributed by atoms with E-state index in [2.05, 4.69) is 10.6 Å². The monoisotopic (exact) mass is 255 g/mol. The van der Waals surface area contributed by atoms with Gasteiger partial charge >= 0.3 is 0 Å². The van der Waals surface area contributed by atoms with E-state index >= 15 is 0 Å². The van der Waals surface area contributed by atoms with Gasteiger partial charge in [-0.15, -0.1) is 0 Å². The van der Waals surface area contributed by atoms with Crippen molar-refractivity contribution in [1.82, 2.24) is 10.6 Å². The number of nitro benzene ring substituents is 1. The standard InChI is InChI=1S/C10H13N3O3S/c1-11-10(17)12-6-9(14)7-2-4-8(5-3-7)13(15)16/h2-5,9,14H,6H2,1H3,(H2,11,12,17)/t9-/m0/s1. The highest BCUT2D eigenvalue weighted by atomic mass is 32.1. The van der Waals surface area contributed by atoms with Crippen LogP contribution in [0.25, 0.3) is 0 Å². The van der Waals surface area contributed by atoms with Crippen LogP contribution >= 0.6 is 12.2 Å². The minimum absolute atomic E-state index is 0.000320. The number of aliphatic hydroxyl groups excluding tert-OH is 1. The van der Waals surface area contributed by atoms with Gasteiger partial charge in [0.2, 0.25) is 0 Å². The van der Waals surface area contributed by atoms with Gasteiger partial charge in [0.15, 0.2) is 5.11 Å². The highest BCUT2D eigenvalue weighted by Gasteiger charge is 2.10. The van der Waals surface area contributed by atoms with Gasteiger partial charge in [0.05, 0.1) is 11.0 Å². The lowest BCUT2D eigenvalue weighted by atomic mass is 10.1. The summed E-state index contributed by atoms with van der Waals surface area (Å²) >= 11 is 4.86. The number of rotatable bonds is 4. The van der Waals surface area contributed by atoms with Crippen molar-refractivity contribution in [2.75, 3.05) is 13.6 Å². The summed E-state index contributed by atoms with van der Waals surface area (Å²) in [4.78, 5) is 9.96. The van der Waals surface area contributed by atoms with E-state index in [1.807, 2.05) is 0 Å². The summed E-state index contributed by atoms with van der Waals surface area (Å²) < 4.78 is 0. The molecule has 0 aromatic heterocycles. The highest BCUT2D eigenvalue weighted by molar-refractivity contribution is 7.80. The number of nitro groups is 1. The Hall–Kier alpha value is -1.73. The molecule has 92 valence electrons. The Labute approximate surface area is 104 Å². The van der Waals surface area contributed by atoms with E-state index in [0.29, 0.717) is 10.7 Å². The van der Waals surface area contributed by atoms with E-state index < -0.39 is 11.0 Å². The molecule has 7 heteroatoms. The van der Waals surface area contributed by atoms with Crippen molar-refractivity contribution in [1.29, 1.82) is 0 Å². The van der Waals surface area contributed by atoms with Crippen molar-refractivity contribution < 1.29 is 10.0 Å². The maximum Gasteiger partial charge on any atom is 0.269 e. The van der Waals surface area contributed by atoms with Crippen LogP contribution in [-0.2, 0) is 0 Å². The molecule has 0 radical (unpaired) electrons. The first-order valence-corrected chi connectivity index (χ1v) is 5.33. The van der Waals surface area contributed by atoms with Gasteiger partial charge in [0.25, 0.3) is 5.69 Å². The highest BCUT2D eigenvalue weighted by Crippen LogP contribution is 2.17. The molecule has 0 heterocycles. The Morgan fingerprint density at radius 3 is 2.59 bits per heavy atom. The van der Waals surface area contributed by atoms with Gasteiger partial charge in [-0.3, -0.25) is 10.1 Å². The largest absolute Gasteiger partial charge is 0.387 e. The summed E-state index contributed by atoms with van der Waals surface area (Å²) in [5.41, 5.74) is 0.599. The van der Waals surface area contributed by atoms with Crippen LogP contribution in [0.4, 0.5) is 5.69 Å². The van der Waals surface area contributed by atoms with E-state index in [0.717, 1.165) is 0 Å². The van der Waals surface area contributed by atoms with E-state index in [1.165, 1.54) is 24.3 Å². The zero-order valence-electron chi connectivity index (χ0n) is 9.21. The van der Waals surface area contributed by atoms with Crippen LogP contribution in [0.15, 0.2) is 24.3 Å². The molecule has 0 saturated carbocycles.